The van der Waals surface area contributed by atoms with Gasteiger partial charge < -0.3 is 9.73 Å². The third-order valence-electron chi connectivity index (χ3n) is 2.47. The number of fused-ring (bicyclic) bond motifs is 1. The van der Waals surface area contributed by atoms with Crippen molar-refractivity contribution in [2.75, 3.05) is 17.6 Å². The maximum atomic E-state index is 10.8. The second-order valence-corrected chi connectivity index (χ2v) is 5.34. The molecule has 2 aromatic rings. The number of nitro benzene ring substituents is 1. The van der Waals surface area contributed by atoms with Gasteiger partial charge >= 0.3 is 5.69 Å². The van der Waals surface area contributed by atoms with Crippen LogP contribution >= 0.6 is 0 Å². The number of hydrogen-bond donors (Lipinski definition) is 2. The van der Waals surface area contributed by atoms with Gasteiger partial charge in [0.2, 0.25) is 5.58 Å². The van der Waals surface area contributed by atoms with E-state index in [1.165, 1.54) is 24.5 Å². The lowest BCUT2D eigenvalue weighted by atomic mass is 10.2. The number of benzene rings is 1. The van der Waals surface area contributed by atoms with Gasteiger partial charge in [-0.1, -0.05) is 0 Å². The molecule has 0 unspecified atom stereocenters. The molecule has 1 aromatic carbocycles. The second kappa shape index (κ2) is 4.86. The van der Waals surface area contributed by atoms with Crippen molar-refractivity contribution < 1.29 is 22.3 Å². The van der Waals surface area contributed by atoms with Crippen LogP contribution in [0.3, 0.4) is 0 Å². The fourth-order valence-corrected chi connectivity index (χ4v) is 2.02. The Balaban J connectivity index is 2.28. The van der Waals surface area contributed by atoms with Crippen LogP contribution in [0.1, 0.15) is 0 Å². The lowest BCUT2D eigenvalue weighted by Gasteiger charge is -2.06. The molecule has 0 bridgehead atoms. The molecule has 19 heavy (non-hydrogen) atoms. The molecule has 1 heterocycles. The van der Waals surface area contributed by atoms with E-state index in [1.54, 1.807) is 0 Å². The van der Waals surface area contributed by atoms with Crippen LogP contribution in [0.5, 0.6) is 0 Å². The summed E-state index contributed by atoms with van der Waals surface area (Å²) in [7, 11) is -4.05. The molecule has 9 heteroatoms. The molecule has 0 amide bonds. The highest BCUT2D eigenvalue weighted by atomic mass is 32.2. The number of nitrogens with zero attached hydrogens (tertiary/aromatic N) is 1. The van der Waals surface area contributed by atoms with Crippen LogP contribution < -0.4 is 5.32 Å². The van der Waals surface area contributed by atoms with Crippen molar-refractivity contribution in [1.82, 2.24) is 0 Å². The van der Waals surface area contributed by atoms with Gasteiger partial charge in [-0.25, -0.2) is 0 Å². The quantitative estimate of drug-likeness (QED) is 0.486. The van der Waals surface area contributed by atoms with Gasteiger partial charge in [-0.2, -0.15) is 8.42 Å². The Morgan fingerprint density at radius 3 is 2.74 bits per heavy atom. The summed E-state index contributed by atoms with van der Waals surface area (Å²) in [6, 6.07) is 4.26. The van der Waals surface area contributed by atoms with Crippen LogP contribution in [0.2, 0.25) is 0 Å². The van der Waals surface area contributed by atoms with E-state index in [0.717, 1.165) is 0 Å². The van der Waals surface area contributed by atoms with E-state index in [4.69, 9.17) is 8.97 Å². The first-order valence-electron chi connectivity index (χ1n) is 5.22. The van der Waals surface area contributed by atoms with Crippen LogP contribution in [0.15, 0.2) is 28.9 Å². The zero-order chi connectivity index (χ0) is 14.0. The highest BCUT2D eigenvalue weighted by molar-refractivity contribution is 7.85. The summed E-state index contributed by atoms with van der Waals surface area (Å²) < 4.78 is 34.8. The predicted molar refractivity (Wildman–Crippen MR) is 67.8 cm³/mol. The Labute approximate surface area is 107 Å². The second-order valence-electron chi connectivity index (χ2n) is 3.77. The van der Waals surface area contributed by atoms with Crippen LogP contribution in [-0.4, -0.2) is 30.2 Å². The standard InChI is InChI=1S/C10H10N2O6S/c13-12(14)9-2-1-8(7-3-5-18-10(7)9)11-4-6-19(15,16)17/h1-3,5,11H,4,6H2,(H,15,16,17). The number of nitrogens with one attached hydrogen (secondary N) is 1. The van der Waals surface area contributed by atoms with Gasteiger partial charge in [0.25, 0.3) is 10.1 Å². The van der Waals surface area contributed by atoms with E-state index in [9.17, 15) is 18.5 Å². The number of rotatable bonds is 5. The van der Waals surface area contributed by atoms with Crippen LogP contribution in [0.25, 0.3) is 11.0 Å². The normalized spacial score (nSPS) is 11.6. The maximum absolute atomic E-state index is 10.8. The van der Waals surface area contributed by atoms with Crippen LogP contribution in [-0.2, 0) is 10.1 Å². The maximum Gasteiger partial charge on any atom is 0.312 e. The van der Waals surface area contributed by atoms with Gasteiger partial charge in [0, 0.05) is 18.3 Å². The molecule has 0 atom stereocenters. The molecule has 102 valence electrons. The number of furan rings is 1. The molecular weight excluding hydrogens is 276 g/mol. The topological polar surface area (TPSA) is 123 Å². The molecular formula is C10H10N2O6S. The van der Waals surface area contributed by atoms with Crippen molar-refractivity contribution in [2.45, 2.75) is 0 Å². The molecule has 0 saturated carbocycles. The van der Waals surface area contributed by atoms with Crippen molar-refractivity contribution in [3.05, 3.63) is 34.6 Å². The van der Waals surface area contributed by atoms with Crippen LogP contribution in [0.4, 0.5) is 11.4 Å². The average Bonchev–Trinajstić information content (AvgIpc) is 2.76. The Hall–Kier alpha value is -2.13. The van der Waals surface area contributed by atoms with Crippen molar-refractivity contribution in [2.24, 2.45) is 0 Å². The third kappa shape index (κ3) is 3.01. The first kappa shape index (κ1) is 13.3. The zero-order valence-corrected chi connectivity index (χ0v) is 10.4. The number of nitro groups is 1. The lowest BCUT2D eigenvalue weighted by molar-refractivity contribution is -0.383. The van der Waals surface area contributed by atoms with E-state index < -0.39 is 20.8 Å². The van der Waals surface area contributed by atoms with Gasteiger partial charge in [-0.3, -0.25) is 14.7 Å². The highest BCUT2D eigenvalue weighted by Gasteiger charge is 2.17. The van der Waals surface area contributed by atoms with Gasteiger partial charge in [-0.05, 0) is 12.1 Å². The lowest BCUT2D eigenvalue weighted by Crippen LogP contribution is -2.14. The molecule has 2 N–H and O–H groups in total. The molecule has 0 radical (unpaired) electrons. The summed E-state index contributed by atoms with van der Waals surface area (Å²) in [4.78, 5) is 10.2. The number of anilines is 1. The minimum Gasteiger partial charge on any atom is -0.457 e. The monoisotopic (exact) mass is 286 g/mol. The largest absolute Gasteiger partial charge is 0.457 e. The average molecular weight is 286 g/mol. The summed E-state index contributed by atoms with van der Waals surface area (Å²) in [6.07, 6.45) is 1.31. The Morgan fingerprint density at radius 2 is 2.11 bits per heavy atom. The van der Waals surface area contributed by atoms with Crippen molar-refractivity contribution in [1.29, 1.82) is 0 Å². The molecule has 2 rings (SSSR count). The Morgan fingerprint density at radius 1 is 1.37 bits per heavy atom. The molecule has 0 saturated heterocycles. The molecule has 0 aliphatic heterocycles. The van der Waals surface area contributed by atoms with Gasteiger partial charge in [0.15, 0.2) is 0 Å². The first-order chi connectivity index (χ1) is 8.88. The van der Waals surface area contributed by atoms with Crippen molar-refractivity contribution in [3.8, 4) is 0 Å². The third-order valence-corrected chi connectivity index (χ3v) is 3.19. The molecule has 0 aliphatic rings. The summed E-state index contributed by atoms with van der Waals surface area (Å²) in [5.74, 6) is -0.455. The summed E-state index contributed by atoms with van der Waals surface area (Å²) >= 11 is 0. The highest BCUT2D eigenvalue weighted by Crippen LogP contribution is 2.32. The molecule has 0 spiro atoms. The van der Waals surface area contributed by atoms with Crippen LogP contribution in [0, 0.1) is 10.1 Å². The number of non-ortho nitro benzene ring substituents is 1. The molecule has 0 fully saturated rings. The molecule has 0 aliphatic carbocycles. The molecule has 8 nitrogen and oxygen atoms in total. The smallest absolute Gasteiger partial charge is 0.312 e. The van der Waals surface area contributed by atoms with E-state index in [2.05, 4.69) is 5.32 Å². The van der Waals surface area contributed by atoms with E-state index >= 15 is 0 Å². The zero-order valence-electron chi connectivity index (χ0n) is 9.57. The summed E-state index contributed by atoms with van der Waals surface area (Å²) in [5, 5.41) is 14.0. The fourth-order valence-electron chi connectivity index (χ4n) is 1.66. The SMILES string of the molecule is O=[N+]([O-])c1ccc(NCCS(=O)(=O)O)c2ccoc12. The summed E-state index contributed by atoms with van der Waals surface area (Å²) in [6.45, 7) is -0.0169. The van der Waals surface area contributed by atoms with Gasteiger partial charge in [0.05, 0.1) is 22.3 Å². The first-order valence-corrected chi connectivity index (χ1v) is 6.83. The fraction of sp³-hybridized carbons (Fsp3) is 0.200. The molecule has 1 aromatic heterocycles. The van der Waals surface area contributed by atoms with Gasteiger partial charge in [0.1, 0.15) is 0 Å². The van der Waals surface area contributed by atoms with E-state index in [0.29, 0.717) is 11.1 Å². The van der Waals surface area contributed by atoms with Crippen molar-refractivity contribution in [3.63, 3.8) is 0 Å². The minimum absolute atomic E-state index is 0.0169. The van der Waals surface area contributed by atoms with E-state index in [1.807, 2.05) is 0 Å². The predicted octanol–water partition coefficient (Wildman–Crippen LogP) is 1.64. The Kier molecular flexibility index (Phi) is 3.40. The Bertz CT molecular complexity index is 721. The minimum atomic E-state index is -4.05. The number of hydrogen-bond acceptors (Lipinski definition) is 6. The van der Waals surface area contributed by atoms with Gasteiger partial charge in [-0.15, -0.1) is 0 Å². The summed E-state index contributed by atoms with van der Waals surface area (Å²) in [5.41, 5.74) is 0.445. The van der Waals surface area contributed by atoms with Crippen molar-refractivity contribution >= 4 is 32.5 Å². The van der Waals surface area contributed by atoms with E-state index in [-0.39, 0.29) is 17.8 Å².